The monoisotopic (exact) mass is 576 g/mol. The lowest BCUT2D eigenvalue weighted by Gasteiger charge is -2.25. The van der Waals surface area contributed by atoms with Crippen molar-refractivity contribution in [2.24, 2.45) is 0 Å². The Bertz CT molecular complexity index is 1770. The van der Waals surface area contributed by atoms with Crippen molar-refractivity contribution in [3.8, 4) is 0 Å². The van der Waals surface area contributed by atoms with E-state index in [0.717, 1.165) is 60.2 Å². The number of aromatic nitrogens is 4. The van der Waals surface area contributed by atoms with Crippen LogP contribution in [0.1, 0.15) is 22.8 Å². The van der Waals surface area contributed by atoms with Gasteiger partial charge in [-0.15, -0.1) is 0 Å². The zero-order valence-corrected chi connectivity index (χ0v) is 24.4. The summed E-state index contributed by atoms with van der Waals surface area (Å²) in [6.07, 6.45) is 3.72. The van der Waals surface area contributed by atoms with E-state index in [0.29, 0.717) is 13.1 Å². The third kappa shape index (κ3) is 5.04. The molecule has 8 rings (SSSR count). The molecule has 0 saturated heterocycles. The molecule has 5 heterocycles. The van der Waals surface area contributed by atoms with Gasteiger partial charge in [0.25, 0.3) is 0 Å². The normalized spacial score (nSPS) is 13.9. The van der Waals surface area contributed by atoms with Crippen LogP contribution in [0.3, 0.4) is 0 Å². The zero-order valence-electron chi connectivity index (χ0n) is 24.4. The summed E-state index contributed by atoms with van der Waals surface area (Å²) in [4.78, 5) is 29.2. The van der Waals surface area contributed by atoms with Crippen LogP contribution >= 0.6 is 0 Å². The molecule has 0 amide bonds. The van der Waals surface area contributed by atoms with Gasteiger partial charge in [0, 0.05) is 12.4 Å². The first-order valence-corrected chi connectivity index (χ1v) is 15.0. The Hall–Kier alpha value is -5.50. The Labute approximate surface area is 256 Å². The number of rotatable bonds is 8. The van der Waals surface area contributed by atoms with E-state index in [4.69, 9.17) is 9.97 Å². The average molecular weight is 577 g/mol. The standard InChI is InChI=1S/C36H32N8/c1-2-14-30-29(13-1)39-31(23-43-25-41(21-27-11-7-9-19-37-27)33-15-3-5-17-35(33)43)32(40-30)24-44-26-42(22-28-12-8-10-20-38-28)34-16-4-6-18-36(34)44/h1-20H,21-26H2. The first kappa shape index (κ1) is 26.2. The summed E-state index contributed by atoms with van der Waals surface area (Å²) in [5.74, 6) is 0. The van der Waals surface area contributed by atoms with Crippen LogP contribution in [-0.4, -0.2) is 33.3 Å². The van der Waals surface area contributed by atoms with E-state index in [9.17, 15) is 0 Å². The van der Waals surface area contributed by atoms with Gasteiger partial charge >= 0.3 is 0 Å². The molecule has 0 saturated carbocycles. The fraction of sp³-hybridized carbons (Fsp3) is 0.167. The molecule has 3 aromatic heterocycles. The molecule has 2 aliphatic heterocycles. The Morgan fingerprint density at radius 1 is 0.409 bits per heavy atom. The Kier molecular flexibility index (Phi) is 6.71. The van der Waals surface area contributed by atoms with Crippen LogP contribution in [0.2, 0.25) is 0 Å². The third-order valence-electron chi connectivity index (χ3n) is 8.37. The van der Waals surface area contributed by atoms with E-state index in [1.54, 1.807) is 0 Å². The number of hydrogen-bond donors (Lipinski definition) is 0. The SMILES string of the molecule is c1ccc(CN2CN(Cc3nc4ccccc4nc3CN3CN(Cc4ccccn4)c4ccccc43)c3ccccc32)nc1. The first-order chi connectivity index (χ1) is 21.8. The van der Waals surface area contributed by atoms with Gasteiger partial charge in [-0.25, -0.2) is 9.97 Å². The van der Waals surface area contributed by atoms with E-state index in [2.05, 4.69) is 102 Å². The Morgan fingerprint density at radius 3 is 1.16 bits per heavy atom. The summed E-state index contributed by atoms with van der Waals surface area (Å²) in [6, 6.07) is 37.6. The highest BCUT2D eigenvalue weighted by Crippen LogP contribution is 2.39. The lowest BCUT2D eigenvalue weighted by Crippen LogP contribution is -2.33. The molecule has 0 radical (unpaired) electrons. The number of benzene rings is 3. The molecular formula is C36H32N8. The van der Waals surface area contributed by atoms with Crippen LogP contribution in [0, 0.1) is 0 Å². The minimum Gasteiger partial charge on any atom is -0.346 e. The van der Waals surface area contributed by atoms with Crippen molar-refractivity contribution in [1.82, 2.24) is 19.9 Å². The lowest BCUT2D eigenvalue weighted by molar-refractivity contribution is 0.715. The van der Waals surface area contributed by atoms with E-state index < -0.39 is 0 Å². The lowest BCUT2D eigenvalue weighted by atomic mass is 10.2. The van der Waals surface area contributed by atoms with Gasteiger partial charge in [-0.2, -0.15) is 0 Å². The number of para-hydroxylation sites is 6. The molecule has 2 aliphatic rings. The van der Waals surface area contributed by atoms with Crippen molar-refractivity contribution in [2.75, 3.05) is 32.9 Å². The topological polar surface area (TPSA) is 64.5 Å². The minimum atomic E-state index is 0.663. The van der Waals surface area contributed by atoms with Gasteiger partial charge in [-0.3, -0.25) is 9.97 Å². The molecule has 8 nitrogen and oxygen atoms in total. The number of hydrogen-bond acceptors (Lipinski definition) is 8. The molecule has 216 valence electrons. The molecule has 0 N–H and O–H groups in total. The second kappa shape index (κ2) is 11.3. The van der Waals surface area contributed by atoms with Crippen LogP contribution in [-0.2, 0) is 26.2 Å². The minimum absolute atomic E-state index is 0.663. The van der Waals surface area contributed by atoms with Crippen molar-refractivity contribution in [3.63, 3.8) is 0 Å². The highest BCUT2D eigenvalue weighted by Gasteiger charge is 2.30. The van der Waals surface area contributed by atoms with E-state index in [-0.39, 0.29) is 0 Å². The maximum atomic E-state index is 5.22. The fourth-order valence-electron chi connectivity index (χ4n) is 6.32. The van der Waals surface area contributed by atoms with E-state index in [1.807, 2.05) is 48.8 Å². The van der Waals surface area contributed by atoms with Gasteiger partial charge < -0.3 is 19.6 Å². The number of fused-ring (bicyclic) bond motifs is 3. The highest BCUT2D eigenvalue weighted by molar-refractivity contribution is 5.78. The summed E-state index contributed by atoms with van der Waals surface area (Å²) in [7, 11) is 0. The molecule has 0 atom stereocenters. The summed E-state index contributed by atoms with van der Waals surface area (Å²) >= 11 is 0. The quantitative estimate of drug-likeness (QED) is 0.207. The summed E-state index contributed by atoms with van der Waals surface area (Å²) in [5.41, 5.74) is 10.8. The van der Waals surface area contributed by atoms with Crippen LogP contribution in [0.5, 0.6) is 0 Å². The van der Waals surface area contributed by atoms with Crippen molar-refractivity contribution >= 4 is 33.8 Å². The number of pyridine rings is 2. The van der Waals surface area contributed by atoms with Crippen LogP contribution in [0.15, 0.2) is 122 Å². The van der Waals surface area contributed by atoms with Gasteiger partial charge in [0.15, 0.2) is 0 Å². The van der Waals surface area contributed by atoms with Crippen molar-refractivity contribution in [1.29, 1.82) is 0 Å². The molecule has 8 heteroatoms. The molecule has 44 heavy (non-hydrogen) atoms. The number of nitrogens with zero attached hydrogens (tertiary/aromatic N) is 8. The summed E-state index contributed by atoms with van der Waals surface area (Å²) in [6.45, 7) is 4.34. The average Bonchev–Trinajstić information content (AvgIpc) is 3.59. The van der Waals surface area contributed by atoms with E-state index >= 15 is 0 Å². The predicted octanol–water partition coefficient (Wildman–Crippen LogP) is 6.39. The van der Waals surface area contributed by atoms with Crippen molar-refractivity contribution < 1.29 is 0 Å². The largest absolute Gasteiger partial charge is 0.346 e. The highest BCUT2D eigenvalue weighted by atomic mass is 15.4. The predicted molar refractivity (Wildman–Crippen MR) is 175 cm³/mol. The molecule has 6 aromatic rings. The van der Waals surface area contributed by atoms with Crippen molar-refractivity contribution in [2.45, 2.75) is 26.2 Å². The Morgan fingerprint density at radius 2 is 0.773 bits per heavy atom. The van der Waals surface area contributed by atoms with Crippen LogP contribution in [0.4, 0.5) is 22.7 Å². The molecule has 0 fully saturated rings. The molecule has 0 unspecified atom stereocenters. The molecular weight excluding hydrogens is 544 g/mol. The van der Waals surface area contributed by atoms with Crippen LogP contribution < -0.4 is 19.6 Å². The van der Waals surface area contributed by atoms with Gasteiger partial charge in [-0.1, -0.05) is 48.5 Å². The first-order valence-electron chi connectivity index (χ1n) is 15.0. The summed E-state index contributed by atoms with van der Waals surface area (Å²) in [5, 5.41) is 0. The van der Waals surface area contributed by atoms with Gasteiger partial charge in [-0.05, 0) is 60.7 Å². The molecule has 3 aromatic carbocycles. The molecule has 0 bridgehead atoms. The molecule has 0 spiro atoms. The third-order valence-corrected chi connectivity index (χ3v) is 8.37. The molecule has 0 aliphatic carbocycles. The van der Waals surface area contributed by atoms with Crippen molar-refractivity contribution in [3.05, 3.63) is 144 Å². The smallest absolute Gasteiger partial charge is 0.0912 e. The maximum absolute atomic E-state index is 5.22. The summed E-state index contributed by atoms with van der Waals surface area (Å²) < 4.78 is 0. The van der Waals surface area contributed by atoms with E-state index in [1.165, 1.54) is 22.7 Å². The zero-order chi connectivity index (χ0) is 29.3. The fourth-order valence-corrected chi connectivity index (χ4v) is 6.32. The van der Waals surface area contributed by atoms with Gasteiger partial charge in [0.1, 0.15) is 0 Å². The van der Waals surface area contributed by atoms with Crippen LogP contribution in [0.25, 0.3) is 11.0 Å². The second-order valence-corrected chi connectivity index (χ2v) is 11.3. The van der Waals surface area contributed by atoms with Gasteiger partial charge in [0.05, 0.1) is 96.1 Å². The Balaban J connectivity index is 1.11. The maximum Gasteiger partial charge on any atom is 0.0912 e. The van der Waals surface area contributed by atoms with Gasteiger partial charge in [0.2, 0.25) is 0 Å². The second-order valence-electron chi connectivity index (χ2n) is 11.3. The number of anilines is 4.